The summed E-state index contributed by atoms with van der Waals surface area (Å²) in [5, 5.41) is 7.11. The van der Waals surface area contributed by atoms with Gasteiger partial charge in [0.1, 0.15) is 0 Å². The summed E-state index contributed by atoms with van der Waals surface area (Å²) in [6.45, 7) is 4.33. The summed E-state index contributed by atoms with van der Waals surface area (Å²) in [5.74, 6) is -0.372. The highest BCUT2D eigenvalue weighted by molar-refractivity contribution is 5.92. The summed E-state index contributed by atoms with van der Waals surface area (Å²) < 4.78 is 5.03. The number of nitrogens with zero attached hydrogens (tertiary/aromatic N) is 1. The van der Waals surface area contributed by atoms with Gasteiger partial charge in [-0.2, -0.15) is 5.10 Å². The second-order valence-electron chi connectivity index (χ2n) is 5.48. The van der Waals surface area contributed by atoms with Crippen LogP contribution in [0.4, 0.5) is 0 Å². The van der Waals surface area contributed by atoms with E-state index in [4.69, 9.17) is 4.74 Å². The van der Waals surface area contributed by atoms with Gasteiger partial charge < -0.3 is 4.74 Å². The van der Waals surface area contributed by atoms with E-state index < -0.39 is 0 Å². The molecule has 2 aromatic rings. The summed E-state index contributed by atoms with van der Waals surface area (Å²) in [7, 11) is 0. The van der Waals surface area contributed by atoms with E-state index in [1.54, 1.807) is 6.92 Å². The van der Waals surface area contributed by atoms with Crippen LogP contribution in [0.1, 0.15) is 41.2 Å². The van der Waals surface area contributed by atoms with Gasteiger partial charge in [-0.05, 0) is 12.5 Å². The molecule has 0 radical (unpaired) electrons. The highest BCUT2D eigenvalue weighted by Crippen LogP contribution is 2.35. The van der Waals surface area contributed by atoms with Gasteiger partial charge in [0.25, 0.3) is 0 Å². The fourth-order valence-corrected chi connectivity index (χ4v) is 2.77. The van der Waals surface area contributed by atoms with Crippen molar-refractivity contribution in [3.8, 4) is 0 Å². The molecule has 1 aliphatic carbocycles. The number of ether oxygens (including phenoxy) is 1. The van der Waals surface area contributed by atoms with Gasteiger partial charge in [0.05, 0.1) is 6.61 Å². The zero-order valence-electron chi connectivity index (χ0n) is 12.2. The molecule has 1 aliphatic rings. The molecule has 0 saturated carbocycles. The highest BCUT2D eigenvalue weighted by atomic mass is 16.5. The molecule has 0 fully saturated rings. The van der Waals surface area contributed by atoms with E-state index in [2.05, 4.69) is 35.3 Å². The molecule has 108 valence electrons. The van der Waals surface area contributed by atoms with Crippen molar-refractivity contribution in [3.05, 3.63) is 58.9 Å². The SMILES string of the molecule is CCOC(=O)c1n[nH]c2c1C=CC(C)(c1ccccc1)C2. The van der Waals surface area contributed by atoms with Crippen LogP contribution in [-0.2, 0) is 16.6 Å². The molecule has 1 N–H and O–H groups in total. The molecule has 1 aromatic heterocycles. The van der Waals surface area contributed by atoms with Crippen LogP contribution in [0.25, 0.3) is 6.08 Å². The minimum atomic E-state index is -0.372. The second-order valence-corrected chi connectivity index (χ2v) is 5.48. The second kappa shape index (κ2) is 5.20. The third kappa shape index (κ3) is 2.37. The molecule has 0 spiro atoms. The van der Waals surface area contributed by atoms with E-state index in [1.807, 2.05) is 24.3 Å². The Kier molecular flexibility index (Phi) is 3.37. The van der Waals surface area contributed by atoms with Gasteiger partial charge >= 0.3 is 5.97 Å². The molecule has 0 amide bonds. The lowest BCUT2D eigenvalue weighted by molar-refractivity contribution is 0.0519. The smallest absolute Gasteiger partial charge is 0.359 e. The average Bonchev–Trinajstić information content (AvgIpc) is 2.91. The number of rotatable bonds is 3. The first-order valence-corrected chi connectivity index (χ1v) is 7.13. The van der Waals surface area contributed by atoms with Crippen LogP contribution in [-0.4, -0.2) is 22.8 Å². The number of carbonyl (C=O) groups is 1. The summed E-state index contributed by atoms with van der Waals surface area (Å²) >= 11 is 0. The number of carbonyl (C=O) groups excluding carboxylic acids is 1. The lowest BCUT2D eigenvalue weighted by atomic mass is 9.75. The Morgan fingerprint density at radius 3 is 2.86 bits per heavy atom. The van der Waals surface area contributed by atoms with Crippen molar-refractivity contribution in [1.29, 1.82) is 0 Å². The quantitative estimate of drug-likeness (QED) is 0.880. The lowest BCUT2D eigenvalue weighted by Gasteiger charge is -2.29. The van der Waals surface area contributed by atoms with Gasteiger partial charge in [-0.3, -0.25) is 5.10 Å². The molecule has 1 unspecified atom stereocenters. The van der Waals surface area contributed by atoms with Gasteiger partial charge in [0.2, 0.25) is 0 Å². The molecule has 4 nitrogen and oxygen atoms in total. The largest absolute Gasteiger partial charge is 0.461 e. The molecule has 0 aliphatic heterocycles. The third-order valence-electron chi connectivity index (χ3n) is 3.95. The van der Waals surface area contributed by atoms with E-state index in [1.165, 1.54) is 5.56 Å². The van der Waals surface area contributed by atoms with Crippen LogP contribution in [0, 0.1) is 0 Å². The Hall–Kier alpha value is -2.36. The molecule has 1 atom stereocenters. The molecule has 0 saturated heterocycles. The zero-order valence-corrected chi connectivity index (χ0v) is 12.2. The summed E-state index contributed by atoms with van der Waals surface area (Å²) in [5.41, 5.74) is 3.36. The van der Waals surface area contributed by atoms with E-state index in [0.717, 1.165) is 17.7 Å². The van der Waals surface area contributed by atoms with Crippen LogP contribution in [0.15, 0.2) is 36.4 Å². The molecular weight excluding hydrogens is 264 g/mol. The Morgan fingerprint density at radius 1 is 1.38 bits per heavy atom. The number of allylic oxidation sites excluding steroid dienone is 1. The van der Waals surface area contributed by atoms with Gasteiger partial charge in [-0.1, -0.05) is 49.4 Å². The van der Waals surface area contributed by atoms with E-state index in [9.17, 15) is 4.79 Å². The minimum Gasteiger partial charge on any atom is -0.461 e. The number of hydrogen-bond acceptors (Lipinski definition) is 3. The van der Waals surface area contributed by atoms with Crippen LogP contribution in [0.2, 0.25) is 0 Å². The van der Waals surface area contributed by atoms with E-state index in [-0.39, 0.29) is 11.4 Å². The Labute approximate surface area is 123 Å². The number of fused-ring (bicyclic) bond motifs is 1. The highest BCUT2D eigenvalue weighted by Gasteiger charge is 2.31. The molecule has 1 heterocycles. The van der Waals surface area contributed by atoms with Crippen LogP contribution in [0.5, 0.6) is 0 Å². The predicted molar refractivity (Wildman–Crippen MR) is 81.1 cm³/mol. The number of esters is 1. The maximum atomic E-state index is 11.9. The fraction of sp³-hybridized carbons (Fsp3) is 0.294. The zero-order chi connectivity index (χ0) is 14.9. The molecule has 1 aromatic carbocycles. The lowest BCUT2D eigenvalue weighted by Crippen LogP contribution is -2.25. The van der Waals surface area contributed by atoms with Gasteiger partial charge in [0, 0.05) is 23.1 Å². The van der Waals surface area contributed by atoms with Crippen molar-refractivity contribution < 1.29 is 9.53 Å². The molecule has 21 heavy (non-hydrogen) atoms. The van der Waals surface area contributed by atoms with Crippen molar-refractivity contribution in [2.24, 2.45) is 0 Å². The first-order valence-electron chi connectivity index (χ1n) is 7.13. The topological polar surface area (TPSA) is 55.0 Å². The van der Waals surface area contributed by atoms with Gasteiger partial charge in [-0.25, -0.2) is 4.79 Å². The Morgan fingerprint density at radius 2 is 2.14 bits per heavy atom. The van der Waals surface area contributed by atoms with Crippen LogP contribution < -0.4 is 0 Å². The van der Waals surface area contributed by atoms with Crippen molar-refractivity contribution in [3.63, 3.8) is 0 Å². The summed E-state index contributed by atoms with van der Waals surface area (Å²) in [4.78, 5) is 11.9. The Balaban J connectivity index is 1.94. The molecule has 4 heteroatoms. The number of H-pyrrole nitrogens is 1. The van der Waals surface area contributed by atoms with E-state index >= 15 is 0 Å². The molecule has 3 rings (SSSR count). The number of benzene rings is 1. The average molecular weight is 282 g/mol. The van der Waals surface area contributed by atoms with Crippen LogP contribution >= 0.6 is 0 Å². The molecule has 0 bridgehead atoms. The predicted octanol–water partition coefficient (Wildman–Crippen LogP) is 3.11. The summed E-state index contributed by atoms with van der Waals surface area (Å²) in [6.07, 6.45) is 4.90. The number of nitrogens with one attached hydrogen (secondary N) is 1. The Bertz CT molecular complexity index is 688. The van der Waals surface area contributed by atoms with Gasteiger partial charge in [-0.15, -0.1) is 0 Å². The maximum Gasteiger partial charge on any atom is 0.359 e. The number of aromatic nitrogens is 2. The first kappa shape index (κ1) is 13.6. The van der Waals surface area contributed by atoms with Crippen molar-refractivity contribution in [1.82, 2.24) is 10.2 Å². The van der Waals surface area contributed by atoms with Crippen molar-refractivity contribution in [2.75, 3.05) is 6.61 Å². The normalized spacial score (nSPS) is 20.1. The standard InChI is InChI=1S/C17H18N2O2/c1-3-21-16(20)15-13-9-10-17(2,11-14(13)18-19-15)12-7-5-4-6-8-12/h4-10H,3,11H2,1-2H3,(H,18,19). The fourth-order valence-electron chi connectivity index (χ4n) is 2.77. The van der Waals surface area contributed by atoms with Crippen molar-refractivity contribution >= 4 is 12.0 Å². The number of aromatic amines is 1. The van der Waals surface area contributed by atoms with Crippen molar-refractivity contribution in [2.45, 2.75) is 25.7 Å². The maximum absolute atomic E-state index is 11.9. The van der Waals surface area contributed by atoms with Crippen LogP contribution in [0.3, 0.4) is 0 Å². The number of hydrogen-bond donors (Lipinski definition) is 1. The monoisotopic (exact) mass is 282 g/mol. The third-order valence-corrected chi connectivity index (χ3v) is 3.95. The van der Waals surface area contributed by atoms with Gasteiger partial charge in [0.15, 0.2) is 5.69 Å². The summed E-state index contributed by atoms with van der Waals surface area (Å²) in [6, 6.07) is 10.3. The molecular formula is C17H18N2O2. The van der Waals surface area contributed by atoms with E-state index in [0.29, 0.717) is 12.3 Å². The minimum absolute atomic E-state index is 0.0906. The first-order chi connectivity index (χ1) is 10.1.